The molecule has 8 rings (SSSR count). The molecule has 0 radical (unpaired) electrons. The van der Waals surface area contributed by atoms with E-state index in [2.05, 4.69) is 151 Å². The molecular weight excluding hydrogens is 508 g/mol. The normalized spacial score (nSPS) is 12.6. The number of hydrogen-bond donors (Lipinski definition) is 0. The standard InChI is InChI=1S/C40H30N2/c1-27-41-37-25-24-31(26-38(37)42(27)32-14-6-3-7-15-32)28-20-22-30(23-21-28)40-35-18-10-8-16-33(35)39(29-12-4-2-5-13-29)34-17-9-11-19-36(34)40/h2-8,10,12-26H,9,11H2,1H3. The van der Waals surface area contributed by atoms with E-state index in [1.165, 1.54) is 54.6 Å². The summed E-state index contributed by atoms with van der Waals surface area (Å²) >= 11 is 0. The third kappa shape index (κ3) is 3.99. The van der Waals surface area contributed by atoms with Gasteiger partial charge in [0.2, 0.25) is 0 Å². The average molecular weight is 539 g/mol. The molecule has 1 aliphatic carbocycles. The van der Waals surface area contributed by atoms with Crippen LogP contribution in [0.25, 0.3) is 73.0 Å². The third-order valence-corrected chi connectivity index (χ3v) is 8.56. The van der Waals surface area contributed by atoms with Crippen LogP contribution >= 0.6 is 0 Å². The maximum Gasteiger partial charge on any atom is 0.111 e. The Kier molecular flexibility index (Phi) is 5.86. The van der Waals surface area contributed by atoms with Gasteiger partial charge in [-0.15, -0.1) is 0 Å². The number of fused-ring (bicyclic) bond motifs is 3. The lowest BCUT2D eigenvalue weighted by Gasteiger charge is -2.18. The van der Waals surface area contributed by atoms with Gasteiger partial charge in [0.15, 0.2) is 0 Å². The third-order valence-electron chi connectivity index (χ3n) is 8.56. The number of aromatic nitrogens is 2. The average Bonchev–Trinajstić information content (AvgIpc) is 3.39. The van der Waals surface area contributed by atoms with Crippen molar-refractivity contribution in [1.82, 2.24) is 9.55 Å². The van der Waals surface area contributed by atoms with Crippen molar-refractivity contribution in [2.24, 2.45) is 0 Å². The van der Waals surface area contributed by atoms with Crippen molar-refractivity contribution >= 4 is 34.0 Å². The van der Waals surface area contributed by atoms with Gasteiger partial charge in [0.25, 0.3) is 0 Å². The van der Waals surface area contributed by atoms with Gasteiger partial charge in [0, 0.05) is 5.69 Å². The molecule has 6 aromatic carbocycles. The van der Waals surface area contributed by atoms with E-state index >= 15 is 0 Å². The highest BCUT2D eigenvalue weighted by molar-refractivity contribution is 6.06. The van der Waals surface area contributed by atoms with Crippen molar-refractivity contribution in [2.45, 2.75) is 19.8 Å². The van der Waals surface area contributed by atoms with Gasteiger partial charge in [-0.2, -0.15) is 0 Å². The molecule has 1 heterocycles. The Bertz CT molecular complexity index is 2220. The Balaban J connectivity index is 1.28. The van der Waals surface area contributed by atoms with Crippen LogP contribution in [0.1, 0.15) is 18.7 Å². The number of nitrogens with zero attached hydrogens (tertiary/aromatic N) is 2. The highest BCUT2D eigenvalue weighted by Gasteiger charge is 2.16. The van der Waals surface area contributed by atoms with Crippen LogP contribution in [0.3, 0.4) is 0 Å². The van der Waals surface area contributed by atoms with Crippen molar-refractivity contribution in [2.75, 3.05) is 0 Å². The molecular formula is C40H30N2. The van der Waals surface area contributed by atoms with E-state index in [-0.39, 0.29) is 0 Å². The fourth-order valence-corrected chi connectivity index (χ4v) is 6.69. The summed E-state index contributed by atoms with van der Waals surface area (Å²) in [6.07, 6.45) is 7.03. The number of para-hydroxylation sites is 1. The van der Waals surface area contributed by atoms with Crippen LogP contribution in [0.5, 0.6) is 0 Å². The minimum Gasteiger partial charge on any atom is -0.297 e. The fraction of sp³-hybridized carbons (Fsp3) is 0.0750. The summed E-state index contributed by atoms with van der Waals surface area (Å²) in [5.41, 5.74) is 10.9. The van der Waals surface area contributed by atoms with Gasteiger partial charge in [0.05, 0.1) is 11.0 Å². The van der Waals surface area contributed by atoms with Gasteiger partial charge in [-0.3, -0.25) is 4.57 Å². The maximum atomic E-state index is 4.83. The van der Waals surface area contributed by atoms with E-state index in [4.69, 9.17) is 4.98 Å². The SMILES string of the molecule is Cc1nc2ccc(-c3ccc(-c4c5c(c(-c6ccccc6)c6ccccc46)=CCCC=5)cc3)cc2n1-c1ccccc1. The van der Waals surface area contributed by atoms with E-state index in [1.54, 1.807) is 0 Å². The summed E-state index contributed by atoms with van der Waals surface area (Å²) in [6.45, 7) is 2.07. The first kappa shape index (κ1) is 24.6. The molecule has 7 aromatic rings. The Labute approximate surface area is 245 Å². The highest BCUT2D eigenvalue weighted by Crippen LogP contribution is 2.34. The Morgan fingerprint density at radius 2 is 1.05 bits per heavy atom. The second-order valence-corrected chi connectivity index (χ2v) is 11.1. The molecule has 0 unspecified atom stereocenters. The number of benzene rings is 6. The lowest BCUT2D eigenvalue weighted by Crippen LogP contribution is -2.31. The largest absolute Gasteiger partial charge is 0.297 e. The molecule has 0 fully saturated rings. The van der Waals surface area contributed by atoms with Gasteiger partial charge in [-0.05, 0) is 98.6 Å². The van der Waals surface area contributed by atoms with Crippen LogP contribution in [0.2, 0.25) is 0 Å². The molecule has 0 saturated heterocycles. The quantitative estimate of drug-likeness (QED) is 0.219. The second kappa shape index (κ2) is 10.0. The molecule has 0 atom stereocenters. The summed E-state index contributed by atoms with van der Waals surface area (Å²) in [5.74, 6) is 0.993. The zero-order valence-corrected chi connectivity index (χ0v) is 23.6. The van der Waals surface area contributed by atoms with Crippen LogP contribution in [0.15, 0.2) is 127 Å². The molecule has 1 aromatic heterocycles. The van der Waals surface area contributed by atoms with Crippen molar-refractivity contribution in [3.05, 3.63) is 144 Å². The fourth-order valence-electron chi connectivity index (χ4n) is 6.69. The number of hydrogen-bond acceptors (Lipinski definition) is 1. The zero-order valence-electron chi connectivity index (χ0n) is 23.6. The molecule has 0 aliphatic heterocycles. The van der Waals surface area contributed by atoms with E-state index in [0.29, 0.717) is 0 Å². The molecule has 0 bridgehead atoms. The number of rotatable bonds is 4. The summed E-state index contributed by atoms with van der Waals surface area (Å²) in [4.78, 5) is 4.83. The van der Waals surface area contributed by atoms with Gasteiger partial charge in [0.1, 0.15) is 5.82 Å². The van der Waals surface area contributed by atoms with Crippen LogP contribution in [-0.2, 0) is 0 Å². The predicted octanol–water partition coefficient (Wildman–Crippen LogP) is 8.84. The van der Waals surface area contributed by atoms with Crippen LogP contribution in [0.4, 0.5) is 0 Å². The van der Waals surface area contributed by atoms with Crippen LogP contribution in [-0.4, -0.2) is 9.55 Å². The molecule has 0 amide bonds. The molecule has 42 heavy (non-hydrogen) atoms. The minimum atomic E-state index is 0.993. The lowest BCUT2D eigenvalue weighted by molar-refractivity contribution is 1.00. The smallest absolute Gasteiger partial charge is 0.111 e. The summed E-state index contributed by atoms with van der Waals surface area (Å²) in [7, 11) is 0. The molecule has 1 aliphatic rings. The zero-order chi connectivity index (χ0) is 28.0. The van der Waals surface area contributed by atoms with E-state index in [1.807, 2.05) is 0 Å². The van der Waals surface area contributed by atoms with Crippen molar-refractivity contribution in [3.8, 4) is 39.1 Å². The second-order valence-electron chi connectivity index (χ2n) is 11.1. The molecule has 0 spiro atoms. The number of imidazole rings is 1. The Morgan fingerprint density at radius 1 is 0.524 bits per heavy atom. The Morgan fingerprint density at radius 3 is 1.69 bits per heavy atom. The van der Waals surface area contributed by atoms with Crippen LogP contribution < -0.4 is 10.4 Å². The van der Waals surface area contributed by atoms with Gasteiger partial charge >= 0.3 is 0 Å². The van der Waals surface area contributed by atoms with E-state index < -0.39 is 0 Å². The molecule has 2 nitrogen and oxygen atoms in total. The van der Waals surface area contributed by atoms with E-state index in [9.17, 15) is 0 Å². The summed E-state index contributed by atoms with van der Waals surface area (Å²) < 4.78 is 2.24. The molecule has 2 heteroatoms. The number of aryl methyl sites for hydroxylation is 1. The van der Waals surface area contributed by atoms with Crippen molar-refractivity contribution < 1.29 is 0 Å². The van der Waals surface area contributed by atoms with Gasteiger partial charge in [-0.1, -0.05) is 115 Å². The first-order valence-corrected chi connectivity index (χ1v) is 14.7. The highest BCUT2D eigenvalue weighted by atomic mass is 15.1. The predicted molar refractivity (Wildman–Crippen MR) is 177 cm³/mol. The van der Waals surface area contributed by atoms with Gasteiger partial charge in [-0.25, -0.2) is 4.98 Å². The van der Waals surface area contributed by atoms with Crippen LogP contribution in [0, 0.1) is 6.92 Å². The van der Waals surface area contributed by atoms with Crippen molar-refractivity contribution in [3.63, 3.8) is 0 Å². The molecule has 200 valence electrons. The topological polar surface area (TPSA) is 17.8 Å². The summed E-state index contributed by atoms with van der Waals surface area (Å²) in [5, 5.41) is 5.33. The minimum absolute atomic E-state index is 0.993. The first-order valence-electron chi connectivity index (χ1n) is 14.7. The van der Waals surface area contributed by atoms with Gasteiger partial charge < -0.3 is 0 Å². The van der Waals surface area contributed by atoms with E-state index in [0.717, 1.165) is 35.4 Å². The first-order chi connectivity index (χ1) is 20.8. The monoisotopic (exact) mass is 538 g/mol. The van der Waals surface area contributed by atoms with Crippen molar-refractivity contribution in [1.29, 1.82) is 0 Å². The lowest BCUT2D eigenvalue weighted by atomic mass is 9.86. The Hall–Kier alpha value is -5.21. The molecule has 0 saturated carbocycles. The summed E-state index contributed by atoms with van der Waals surface area (Å²) in [6, 6.07) is 46.0. The molecule has 0 N–H and O–H groups in total. The maximum absolute atomic E-state index is 4.83.